The van der Waals surface area contributed by atoms with Crippen molar-refractivity contribution in [3.8, 4) is 0 Å². The average molecular weight is 657 g/mol. The minimum atomic E-state index is -0.885. The number of benzene rings is 2. The number of fused-ring (bicyclic) bond motifs is 1. The van der Waals surface area contributed by atoms with E-state index in [1.165, 1.54) is 34.9 Å². The lowest BCUT2D eigenvalue weighted by Crippen LogP contribution is -2.50. The topological polar surface area (TPSA) is 106 Å². The number of amides is 2. The highest BCUT2D eigenvalue weighted by atomic mass is 32.2. The van der Waals surface area contributed by atoms with Crippen LogP contribution in [0.25, 0.3) is 11.0 Å². The molecule has 4 atom stereocenters. The SMILES string of the molecule is COC(=O)NC(CCSC)C(=O)N1CC2(CC1c1nc3ccc(C4C=C5C=CC4CCc4ccc(c(C)c4)CC5)cc3[nH]1)OCCO2. The fraction of sp³-hybridized carbons (Fsp3) is 0.486. The number of carbonyl (C=O) groups is 2. The van der Waals surface area contributed by atoms with E-state index in [0.717, 1.165) is 36.7 Å². The number of thioether (sulfide) groups is 1. The number of methoxy groups -OCH3 is 1. The number of allylic oxidation sites excluding steroid dienone is 4. The number of alkyl carbamates (subject to hydrolysis) is 1. The second kappa shape index (κ2) is 13.5. The maximum atomic E-state index is 14.1. The Morgan fingerprint density at radius 3 is 2.81 bits per heavy atom. The van der Waals surface area contributed by atoms with E-state index in [1.54, 1.807) is 16.7 Å². The van der Waals surface area contributed by atoms with E-state index in [9.17, 15) is 9.59 Å². The third-order valence-electron chi connectivity index (χ3n) is 10.3. The predicted octanol–water partition coefficient (Wildman–Crippen LogP) is 6.14. The molecule has 3 heterocycles. The second-order valence-electron chi connectivity index (χ2n) is 13.3. The maximum Gasteiger partial charge on any atom is 0.407 e. The van der Waals surface area contributed by atoms with Gasteiger partial charge in [-0.3, -0.25) is 4.79 Å². The lowest BCUT2D eigenvalue weighted by atomic mass is 9.77. The Balaban J connectivity index is 1.18. The van der Waals surface area contributed by atoms with Crippen LogP contribution in [-0.4, -0.2) is 77.6 Å². The lowest BCUT2D eigenvalue weighted by Gasteiger charge is -2.28. The molecule has 2 N–H and O–H groups in total. The number of aromatic nitrogens is 2. The molecule has 10 rings (SSSR count). The summed E-state index contributed by atoms with van der Waals surface area (Å²) in [5.74, 6) is 1.00. The Morgan fingerprint density at radius 1 is 1.17 bits per heavy atom. The first-order valence-electron chi connectivity index (χ1n) is 16.7. The Labute approximate surface area is 280 Å². The molecule has 2 fully saturated rings. The Morgan fingerprint density at radius 2 is 2.02 bits per heavy atom. The predicted molar refractivity (Wildman–Crippen MR) is 183 cm³/mol. The van der Waals surface area contributed by atoms with Gasteiger partial charge >= 0.3 is 6.09 Å². The van der Waals surface area contributed by atoms with Crippen molar-refractivity contribution in [3.63, 3.8) is 0 Å². The summed E-state index contributed by atoms with van der Waals surface area (Å²) in [6.45, 7) is 3.46. The highest BCUT2D eigenvalue weighted by Gasteiger charge is 2.52. The summed E-state index contributed by atoms with van der Waals surface area (Å²) >= 11 is 1.62. The van der Waals surface area contributed by atoms with E-state index in [4.69, 9.17) is 19.2 Å². The first-order chi connectivity index (χ1) is 22.8. The maximum absolute atomic E-state index is 14.1. The minimum Gasteiger partial charge on any atom is -0.453 e. The summed E-state index contributed by atoms with van der Waals surface area (Å²) in [5, 5.41) is 2.75. The number of nitrogens with one attached hydrogen (secondary N) is 2. The molecule has 1 aromatic heterocycles. The van der Waals surface area contributed by atoms with E-state index >= 15 is 0 Å². The fourth-order valence-corrected chi connectivity index (χ4v) is 8.17. The van der Waals surface area contributed by atoms with Crippen molar-refractivity contribution in [3.05, 3.63) is 88.3 Å². The molecule has 47 heavy (non-hydrogen) atoms. The van der Waals surface area contributed by atoms with Crippen molar-refractivity contribution in [2.24, 2.45) is 5.92 Å². The van der Waals surface area contributed by atoms with Gasteiger partial charge in [-0.15, -0.1) is 0 Å². The van der Waals surface area contributed by atoms with Gasteiger partial charge in [0.05, 0.1) is 43.9 Å². The summed E-state index contributed by atoms with van der Waals surface area (Å²) in [5.41, 5.74) is 8.69. The van der Waals surface area contributed by atoms with Gasteiger partial charge in [0.1, 0.15) is 11.9 Å². The molecule has 9 nitrogen and oxygen atoms in total. The molecule has 248 valence electrons. The molecule has 2 aliphatic heterocycles. The number of imidazole rings is 1. The summed E-state index contributed by atoms with van der Waals surface area (Å²) in [7, 11) is 1.30. The largest absolute Gasteiger partial charge is 0.453 e. The molecular formula is C37H44N4O5S. The zero-order valence-electron chi connectivity index (χ0n) is 27.4. The molecule has 5 aliphatic carbocycles. The van der Waals surface area contributed by atoms with Gasteiger partial charge in [0.2, 0.25) is 5.91 Å². The molecule has 2 amide bonds. The first kappa shape index (κ1) is 32.0. The van der Waals surface area contributed by atoms with Crippen LogP contribution in [0.1, 0.15) is 65.7 Å². The van der Waals surface area contributed by atoms with Crippen LogP contribution >= 0.6 is 11.8 Å². The van der Waals surface area contributed by atoms with Crippen LogP contribution in [-0.2, 0) is 31.8 Å². The van der Waals surface area contributed by atoms with E-state index < -0.39 is 24.0 Å². The third kappa shape index (κ3) is 6.60. The van der Waals surface area contributed by atoms with Gasteiger partial charge in [0, 0.05) is 12.3 Å². The third-order valence-corrected chi connectivity index (χ3v) is 10.9. The number of hydrogen-bond acceptors (Lipinski definition) is 7. The number of H-pyrrole nitrogens is 1. The van der Waals surface area contributed by atoms with Crippen molar-refractivity contribution < 1.29 is 23.8 Å². The monoisotopic (exact) mass is 656 g/mol. The molecule has 2 aromatic carbocycles. The van der Waals surface area contributed by atoms with Crippen LogP contribution < -0.4 is 5.32 Å². The molecule has 10 heteroatoms. The average Bonchev–Trinajstić information content (AvgIpc) is 3.82. The van der Waals surface area contributed by atoms with Crippen LogP contribution in [0.2, 0.25) is 0 Å². The van der Waals surface area contributed by atoms with Crippen molar-refractivity contribution in [2.75, 3.05) is 38.9 Å². The van der Waals surface area contributed by atoms with Gasteiger partial charge in [0.25, 0.3) is 0 Å². The normalized spacial score (nSPS) is 23.9. The standard InChI is InChI=1S/C37H44N4O5S/c1-23-18-24-4-8-26(23)9-5-25-7-11-27(10-6-24)29(19-25)28-12-13-30-32(20-28)39-34(38-30)33-21-37(45-15-16-46-37)22-41(33)35(42)31(14-17-47-3)40-36(43)44-2/h4,7-8,11-13,18-20,27,29,31,33H,5-6,9-10,14-17,21-22H2,1-3H3,(H,38,39)(H,40,43). The smallest absolute Gasteiger partial charge is 0.407 e. The van der Waals surface area contributed by atoms with Crippen molar-refractivity contribution in [1.29, 1.82) is 0 Å². The zero-order valence-corrected chi connectivity index (χ0v) is 28.2. The van der Waals surface area contributed by atoms with Crippen molar-refractivity contribution >= 4 is 34.8 Å². The van der Waals surface area contributed by atoms with Gasteiger partial charge in [0.15, 0.2) is 5.79 Å². The molecular weight excluding hydrogens is 612 g/mol. The minimum absolute atomic E-state index is 0.196. The number of carbonyl (C=O) groups excluding carboxylic acids is 2. The molecule has 1 spiro atoms. The Bertz CT molecular complexity index is 1710. The highest BCUT2D eigenvalue weighted by Crippen LogP contribution is 2.43. The number of rotatable bonds is 7. The lowest BCUT2D eigenvalue weighted by molar-refractivity contribution is -0.153. The van der Waals surface area contributed by atoms with Crippen LogP contribution in [0.15, 0.2) is 60.2 Å². The molecule has 0 saturated carbocycles. The van der Waals surface area contributed by atoms with Gasteiger partial charge in [-0.05, 0) is 91.3 Å². The van der Waals surface area contributed by atoms with Crippen molar-refractivity contribution in [1.82, 2.24) is 20.2 Å². The second-order valence-corrected chi connectivity index (χ2v) is 14.2. The van der Waals surface area contributed by atoms with Gasteiger partial charge in [-0.1, -0.05) is 48.1 Å². The summed E-state index contributed by atoms with van der Waals surface area (Å²) in [6, 6.07) is 12.4. The van der Waals surface area contributed by atoms with E-state index in [1.807, 2.05) is 6.26 Å². The molecule has 4 unspecified atom stereocenters. The quantitative estimate of drug-likeness (QED) is 0.315. The number of likely N-dealkylation sites (tertiary alicyclic amines) is 1. The van der Waals surface area contributed by atoms with Crippen LogP contribution in [0.5, 0.6) is 0 Å². The number of aryl methyl sites for hydroxylation is 3. The van der Waals surface area contributed by atoms with E-state index in [-0.39, 0.29) is 18.4 Å². The van der Waals surface area contributed by atoms with Gasteiger partial charge in [-0.25, -0.2) is 9.78 Å². The van der Waals surface area contributed by atoms with Crippen LogP contribution in [0.3, 0.4) is 0 Å². The Hall–Kier alpha value is -3.60. The summed E-state index contributed by atoms with van der Waals surface area (Å²) in [4.78, 5) is 36.6. The Kier molecular flexibility index (Phi) is 9.18. The number of aromatic amines is 1. The summed E-state index contributed by atoms with van der Waals surface area (Å²) < 4.78 is 17.0. The van der Waals surface area contributed by atoms with Crippen molar-refractivity contribution in [2.45, 2.75) is 69.2 Å². The first-order valence-corrected chi connectivity index (χ1v) is 18.1. The van der Waals surface area contributed by atoms with Crippen LogP contribution in [0.4, 0.5) is 4.79 Å². The molecule has 2 saturated heterocycles. The number of hydrogen-bond donors (Lipinski definition) is 2. The number of ether oxygens (including phenoxy) is 3. The fourth-order valence-electron chi connectivity index (χ4n) is 7.70. The van der Waals surface area contributed by atoms with E-state index in [2.05, 4.69) is 71.9 Å². The zero-order chi connectivity index (χ0) is 32.5. The van der Waals surface area contributed by atoms with Gasteiger partial charge in [-0.2, -0.15) is 11.8 Å². The summed E-state index contributed by atoms with van der Waals surface area (Å²) in [6.07, 6.45) is 13.7. The highest BCUT2D eigenvalue weighted by molar-refractivity contribution is 7.98. The molecule has 4 bridgehead atoms. The van der Waals surface area contributed by atoms with Gasteiger partial charge < -0.3 is 29.4 Å². The van der Waals surface area contributed by atoms with E-state index in [0.29, 0.717) is 43.6 Å². The van der Waals surface area contributed by atoms with Crippen LogP contribution in [0, 0.1) is 12.8 Å². The molecule has 0 radical (unpaired) electrons. The molecule has 3 aromatic rings. The molecule has 7 aliphatic rings. The number of nitrogens with zero attached hydrogens (tertiary/aromatic N) is 2.